The van der Waals surface area contributed by atoms with Crippen LogP contribution in [0.15, 0.2) is 18.3 Å². The molecule has 2 rings (SSSR count). The molecule has 2 aromatic rings. The van der Waals surface area contributed by atoms with Crippen molar-refractivity contribution in [2.24, 2.45) is 0 Å². The van der Waals surface area contributed by atoms with Gasteiger partial charge in [-0.3, -0.25) is 9.48 Å². The summed E-state index contributed by atoms with van der Waals surface area (Å²) >= 11 is 1.49. The van der Waals surface area contributed by atoms with E-state index in [2.05, 4.69) is 10.4 Å². The minimum Gasteiger partial charge on any atom is -0.345 e. The van der Waals surface area contributed by atoms with Crippen molar-refractivity contribution in [2.75, 3.05) is 0 Å². The molecule has 0 fully saturated rings. The number of rotatable bonds is 4. The maximum Gasteiger partial charge on any atom is 0.433 e. The standard InChI is InChI=1S/C14H16F3N3OS/c1-4-20-12(14(15,16)17)10(7-18-20)13(21)19-9(3)11-6-5-8(2)22-11/h5-7,9H,4H2,1-3H3,(H,19,21)/t9-/m0/s1. The van der Waals surface area contributed by atoms with E-state index in [0.29, 0.717) is 0 Å². The fourth-order valence-corrected chi connectivity index (χ4v) is 3.00. The van der Waals surface area contributed by atoms with E-state index in [0.717, 1.165) is 20.6 Å². The summed E-state index contributed by atoms with van der Waals surface area (Å²) in [6.07, 6.45) is -3.66. The second-order valence-corrected chi connectivity index (χ2v) is 6.18. The molecular weight excluding hydrogens is 315 g/mol. The molecule has 22 heavy (non-hydrogen) atoms. The molecule has 1 N–H and O–H groups in total. The number of nitrogens with one attached hydrogen (secondary N) is 1. The number of amides is 1. The zero-order chi connectivity index (χ0) is 16.5. The number of aromatic nitrogens is 2. The van der Waals surface area contributed by atoms with E-state index in [4.69, 9.17) is 0 Å². The van der Waals surface area contributed by atoms with Crippen LogP contribution in [0.3, 0.4) is 0 Å². The highest BCUT2D eigenvalue weighted by atomic mass is 32.1. The molecule has 0 bridgehead atoms. The number of carbonyl (C=O) groups excluding carboxylic acids is 1. The van der Waals surface area contributed by atoms with Crippen molar-refractivity contribution in [3.05, 3.63) is 39.3 Å². The van der Waals surface area contributed by atoms with E-state index in [9.17, 15) is 18.0 Å². The quantitative estimate of drug-likeness (QED) is 0.927. The van der Waals surface area contributed by atoms with Gasteiger partial charge in [-0.15, -0.1) is 11.3 Å². The van der Waals surface area contributed by atoms with Crippen molar-refractivity contribution in [1.29, 1.82) is 0 Å². The lowest BCUT2D eigenvalue weighted by Gasteiger charge is -2.14. The van der Waals surface area contributed by atoms with Crippen molar-refractivity contribution < 1.29 is 18.0 Å². The van der Waals surface area contributed by atoms with Gasteiger partial charge in [0.2, 0.25) is 0 Å². The molecule has 4 nitrogen and oxygen atoms in total. The van der Waals surface area contributed by atoms with Crippen molar-refractivity contribution in [2.45, 2.75) is 39.5 Å². The van der Waals surface area contributed by atoms with Crippen LogP contribution in [0.5, 0.6) is 0 Å². The number of alkyl halides is 3. The summed E-state index contributed by atoms with van der Waals surface area (Å²) in [4.78, 5) is 14.1. The average Bonchev–Trinajstić information content (AvgIpc) is 3.03. The third-order valence-corrected chi connectivity index (χ3v) is 4.37. The summed E-state index contributed by atoms with van der Waals surface area (Å²) in [5, 5.41) is 6.24. The summed E-state index contributed by atoms with van der Waals surface area (Å²) in [5.41, 5.74) is -1.46. The molecule has 8 heteroatoms. The van der Waals surface area contributed by atoms with Gasteiger partial charge in [0.1, 0.15) is 0 Å². The van der Waals surface area contributed by atoms with Crippen molar-refractivity contribution in [3.8, 4) is 0 Å². The second-order valence-electron chi connectivity index (χ2n) is 4.86. The molecule has 0 saturated carbocycles. The van der Waals surface area contributed by atoms with Crippen LogP contribution < -0.4 is 5.32 Å². The molecule has 2 heterocycles. The van der Waals surface area contributed by atoms with Crippen LogP contribution in [-0.2, 0) is 12.7 Å². The lowest BCUT2D eigenvalue weighted by molar-refractivity contribution is -0.144. The van der Waals surface area contributed by atoms with E-state index in [-0.39, 0.29) is 12.6 Å². The van der Waals surface area contributed by atoms with Crippen LogP contribution in [0, 0.1) is 6.92 Å². The fraction of sp³-hybridized carbons (Fsp3) is 0.429. The maximum absolute atomic E-state index is 13.1. The van der Waals surface area contributed by atoms with Crippen LogP contribution in [-0.4, -0.2) is 15.7 Å². The Balaban J connectivity index is 2.25. The van der Waals surface area contributed by atoms with Crippen LogP contribution >= 0.6 is 11.3 Å². The van der Waals surface area contributed by atoms with Crippen molar-refractivity contribution >= 4 is 17.2 Å². The topological polar surface area (TPSA) is 46.9 Å². The van der Waals surface area contributed by atoms with Crippen molar-refractivity contribution in [1.82, 2.24) is 15.1 Å². The van der Waals surface area contributed by atoms with Gasteiger partial charge < -0.3 is 5.32 Å². The van der Waals surface area contributed by atoms with Gasteiger partial charge in [0.05, 0.1) is 17.8 Å². The van der Waals surface area contributed by atoms with Gasteiger partial charge in [-0.2, -0.15) is 18.3 Å². The van der Waals surface area contributed by atoms with Crippen molar-refractivity contribution in [3.63, 3.8) is 0 Å². The van der Waals surface area contributed by atoms with Gasteiger partial charge in [0, 0.05) is 16.3 Å². The number of halogens is 3. The lowest BCUT2D eigenvalue weighted by Crippen LogP contribution is -2.28. The Kier molecular flexibility index (Phi) is 4.60. The summed E-state index contributed by atoms with van der Waals surface area (Å²) in [6.45, 7) is 5.25. The van der Waals surface area contributed by atoms with Crippen LogP contribution in [0.4, 0.5) is 13.2 Å². The Morgan fingerprint density at radius 2 is 2.14 bits per heavy atom. The van der Waals surface area contributed by atoms with E-state index in [1.165, 1.54) is 11.3 Å². The third-order valence-electron chi connectivity index (χ3n) is 3.19. The Labute approximate surface area is 129 Å². The Bertz CT molecular complexity index is 675. The molecule has 2 aromatic heterocycles. The second kappa shape index (κ2) is 6.12. The summed E-state index contributed by atoms with van der Waals surface area (Å²) in [7, 11) is 0. The van der Waals surface area contributed by atoms with Gasteiger partial charge in [-0.1, -0.05) is 0 Å². The molecule has 0 radical (unpaired) electrons. The van der Waals surface area contributed by atoms with Gasteiger partial charge in [-0.25, -0.2) is 0 Å². The summed E-state index contributed by atoms with van der Waals surface area (Å²) in [6, 6.07) is 3.39. The first-order valence-electron chi connectivity index (χ1n) is 6.74. The fourth-order valence-electron chi connectivity index (χ4n) is 2.12. The molecule has 0 aromatic carbocycles. The molecule has 0 aliphatic carbocycles. The molecule has 0 aliphatic rings. The highest BCUT2D eigenvalue weighted by Gasteiger charge is 2.39. The number of hydrogen-bond donors (Lipinski definition) is 1. The molecule has 0 saturated heterocycles. The lowest BCUT2D eigenvalue weighted by atomic mass is 10.2. The minimum absolute atomic E-state index is 0.0434. The molecular formula is C14H16F3N3OS. The van der Waals surface area contributed by atoms with Gasteiger partial charge in [0.15, 0.2) is 5.69 Å². The molecule has 0 spiro atoms. The number of nitrogens with zero attached hydrogens (tertiary/aromatic N) is 2. The Hall–Kier alpha value is -1.83. The smallest absolute Gasteiger partial charge is 0.345 e. The molecule has 0 aliphatic heterocycles. The Morgan fingerprint density at radius 1 is 1.45 bits per heavy atom. The molecule has 1 atom stereocenters. The van der Waals surface area contributed by atoms with Gasteiger partial charge >= 0.3 is 6.18 Å². The predicted molar refractivity (Wildman–Crippen MR) is 77.8 cm³/mol. The summed E-state index contributed by atoms with van der Waals surface area (Å²) < 4.78 is 40.1. The predicted octanol–water partition coefficient (Wildman–Crippen LogP) is 3.78. The first-order chi connectivity index (χ1) is 10.2. The zero-order valence-corrected chi connectivity index (χ0v) is 13.2. The number of carbonyl (C=O) groups is 1. The van der Waals surface area contributed by atoms with E-state index >= 15 is 0 Å². The van der Waals surface area contributed by atoms with E-state index in [1.807, 2.05) is 19.1 Å². The Morgan fingerprint density at radius 3 is 2.64 bits per heavy atom. The zero-order valence-electron chi connectivity index (χ0n) is 12.4. The normalized spacial score (nSPS) is 13.2. The van der Waals surface area contributed by atoms with E-state index in [1.54, 1.807) is 13.8 Å². The minimum atomic E-state index is -4.62. The third kappa shape index (κ3) is 3.32. The van der Waals surface area contributed by atoms with Crippen LogP contribution in [0.1, 0.15) is 45.7 Å². The first-order valence-corrected chi connectivity index (χ1v) is 7.56. The van der Waals surface area contributed by atoms with E-state index < -0.39 is 23.3 Å². The number of hydrogen-bond acceptors (Lipinski definition) is 3. The molecule has 1 amide bonds. The highest BCUT2D eigenvalue weighted by Crippen LogP contribution is 2.32. The SMILES string of the molecule is CCn1ncc(C(=O)N[C@@H](C)c2ccc(C)s2)c1C(F)(F)F. The van der Waals surface area contributed by atoms with Crippen LogP contribution in [0.25, 0.3) is 0 Å². The average molecular weight is 331 g/mol. The highest BCUT2D eigenvalue weighted by molar-refractivity contribution is 7.12. The van der Waals surface area contributed by atoms with Gasteiger partial charge in [0.25, 0.3) is 5.91 Å². The number of aryl methyl sites for hydroxylation is 2. The largest absolute Gasteiger partial charge is 0.433 e. The molecule has 120 valence electrons. The van der Waals surface area contributed by atoms with Crippen LogP contribution in [0.2, 0.25) is 0 Å². The summed E-state index contributed by atoms with van der Waals surface area (Å²) in [5.74, 6) is -0.773. The van der Waals surface area contributed by atoms with Gasteiger partial charge in [-0.05, 0) is 32.9 Å². The molecule has 0 unspecified atom stereocenters. The first kappa shape index (κ1) is 16.5. The number of thiophene rings is 1. The monoisotopic (exact) mass is 331 g/mol. The maximum atomic E-state index is 13.1.